The van der Waals surface area contributed by atoms with Crippen LogP contribution in [0.2, 0.25) is 0 Å². The second kappa shape index (κ2) is 5.61. The number of benzene rings is 1. The van der Waals surface area contributed by atoms with E-state index >= 15 is 0 Å². The topological polar surface area (TPSA) is 32.3 Å². The summed E-state index contributed by atoms with van der Waals surface area (Å²) in [6, 6.07) is 0.995. The molecule has 1 aliphatic carbocycles. The largest absolute Gasteiger partial charge is 0.391 e. The minimum absolute atomic E-state index is 0.0974. The summed E-state index contributed by atoms with van der Waals surface area (Å²) in [7, 11) is 0. The molecular weight excluding hydrogens is 243 g/mol. The van der Waals surface area contributed by atoms with Gasteiger partial charge >= 0.3 is 0 Å². The predicted molar refractivity (Wildman–Crippen MR) is 62.8 cm³/mol. The summed E-state index contributed by atoms with van der Waals surface area (Å²) in [5.41, 5.74) is -0.0974. The van der Waals surface area contributed by atoms with Gasteiger partial charge in [-0.25, -0.2) is 13.2 Å². The van der Waals surface area contributed by atoms with E-state index in [1.54, 1.807) is 0 Å². The maximum Gasteiger partial charge on any atom is 0.161 e. The minimum atomic E-state index is -1.21. The summed E-state index contributed by atoms with van der Waals surface area (Å²) in [6.45, 7) is 0. The number of nitrogens with one attached hydrogen (secondary N) is 1. The van der Waals surface area contributed by atoms with E-state index in [-0.39, 0.29) is 11.7 Å². The molecule has 2 rings (SSSR count). The molecule has 1 fully saturated rings. The smallest absolute Gasteiger partial charge is 0.161 e. The standard InChI is InChI=1S/C13H16F3NO/c14-8-6-10(16)12(7-9(8)15)17-11-4-2-1-3-5-13(11)18/h6-7,11,13,17-18H,1-5H2. The Balaban J connectivity index is 2.14. The molecule has 0 radical (unpaired) electrons. The molecule has 2 atom stereocenters. The first-order valence-electron chi connectivity index (χ1n) is 6.17. The number of hydrogen-bond acceptors (Lipinski definition) is 2. The zero-order valence-corrected chi connectivity index (χ0v) is 9.93. The molecule has 1 saturated carbocycles. The molecule has 0 saturated heterocycles. The highest BCUT2D eigenvalue weighted by Gasteiger charge is 2.22. The van der Waals surface area contributed by atoms with Crippen molar-refractivity contribution < 1.29 is 18.3 Å². The monoisotopic (exact) mass is 259 g/mol. The van der Waals surface area contributed by atoms with Gasteiger partial charge < -0.3 is 10.4 Å². The number of halogens is 3. The Bertz CT molecular complexity index is 425. The third kappa shape index (κ3) is 2.96. The van der Waals surface area contributed by atoms with Crippen LogP contribution in [0.4, 0.5) is 18.9 Å². The average Bonchev–Trinajstić information content (AvgIpc) is 2.52. The van der Waals surface area contributed by atoms with Gasteiger partial charge in [-0.15, -0.1) is 0 Å². The first-order chi connectivity index (χ1) is 8.58. The zero-order valence-electron chi connectivity index (χ0n) is 9.93. The van der Waals surface area contributed by atoms with Gasteiger partial charge in [0.2, 0.25) is 0 Å². The fraction of sp³-hybridized carbons (Fsp3) is 0.538. The Morgan fingerprint density at radius 1 is 0.944 bits per heavy atom. The number of anilines is 1. The van der Waals surface area contributed by atoms with Gasteiger partial charge in [0.15, 0.2) is 11.6 Å². The lowest BCUT2D eigenvalue weighted by molar-refractivity contribution is 0.144. The Labute approximate surface area is 104 Å². The molecule has 0 spiro atoms. The third-order valence-corrected chi connectivity index (χ3v) is 3.33. The van der Waals surface area contributed by atoms with Crippen molar-refractivity contribution in [2.24, 2.45) is 0 Å². The lowest BCUT2D eigenvalue weighted by atomic mass is 10.1. The molecule has 2 nitrogen and oxygen atoms in total. The van der Waals surface area contributed by atoms with E-state index in [4.69, 9.17) is 0 Å². The number of aliphatic hydroxyl groups is 1. The molecule has 2 unspecified atom stereocenters. The number of hydrogen-bond donors (Lipinski definition) is 2. The van der Waals surface area contributed by atoms with Crippen molar-refractivity contribution in [2.75, 3.05) is 5.32 Å². The first kappa shape index (κ1) is 13.2. The van der Waals surface area contributed by atoms with Crippen molar-refractivity contribution >= 4 is 5.69 Å². The molecule has 1 aromatic carbocycles. The Morgan fingerprint density at radius 2 is 1.61 bits per heavy atom. The Hall–Kier alpha value is -1.23. The van der Waals surface area contributed by atoms with Gasteiger partial charge in [-0.3, -0.25) is 0 Å². The van der Waals surface area contributed by atoms with Crippen LogP contribution < -0.4 is 5.32 Å². The predicted octanol–water partition coefficient (Wildman–Crippen LogP) is 3.21. The molecule has 0 amide bonds. The normalized spacial score (nSPS) is 24.7. The lowest BCUT2D eigenvalue weighted by Gasteiger charge is -2.23. The molecule has 5 heteroatoms. The first-order valence-corrected chi connectivity index (χ1v) is 6.17. The van der Waals surface area contributed by atoms with Gasteiger partial charge in [-0.05, 0) is 12.8 Å². The van der Waals surface area contributed by atoms with Crippen LogP contribution in [0.15, 0.2) is 12.1 Å². The van der Waals surface area contributed by atoms with Gasteiger partial charge in [-0.2, -0.15) is 0 Å². The Morgan fingerprint density at radius 3 is 2.39 bits per heavy atom. The quantitative estimate of drug-likeness (QED) is 0.631. The van der Waals surface area contributed by atoms with Crippen LogP contribution in [0.1, 0.15) is 32.1 Å². The van der Waals surface area contributed by atoms with Crippen molar-refractivity contribution in [1.29, 1.82) is 0 Å². The van der Waals surface area contributed by atoms with E-state index in [0.717, 1.165) is 25.3 Å². The Kier molecular flexibility index (Phi) is 4.11. The van der Waals surface area contributed by atoms with Crippen LogP contribution in [0, 0.1) is 17.5 Å². The van der Waals surface area contributed by atoms with Crippen molar-refractivity contribution in [3.63, 3.8) is 0 Å². The SMILES string of the molecule is OC1CCCCCC1Nc1cc(F)c(F)cc1F. The fourth-order valence-electron chi connectivity index (χ4n) is 2.29. The van der Waals surface area contributed by atoms with E-state index < -0.39 is 23.6 Å². The highest BCUT2D eigenvalue weighted by atomic mass is 19.2. The van der Waals surface area contributed by atoms with Crippen LogP contribution in [0.3, 0.4) is 0 Å². The van der Waals surface area contributed by atoms with Gasteiger partial charge in [0.25, 0.3) is 0 Å². The maximum atomic E-state index is 13.5. The number of aliphatic hydroxyl groups excluding tert-OH is 1. The zero-order chi connectivity index (χ0) is 13.1. The second-order valence-corrected chi connectivity index (χ2v) is 4.70. The molecule has 100 valence electrons. The molecule has 0 aliphatic heterocycles. The molecule has 1 aromatic rings. The van der Waals surface area contributed by atoms with Crippen molar-refractivity contribution in [2.45, 2.75) is 44.2 Å². The van der Waals surface area contributed by atoms with E-state index in [0.29, 0.717) is 18.9 Å². The average molecular weight is 259 g/mol. The highest BCUT2D eigenvalue weighted by molar-refractivity contribution is 5.46. The molecular formula is C13H16F3NO. The lowest BCUT2D eigenvalue weighted by Crippen LogP contribution is -2.32. The molecule has 1 aliphatic rings. The molecule has 0 heterocycles. The summed E-state index contributed by atoms with van der Waals surface area (Å²) in [5.74, 6) is -3.15. The molecule has 0 bridgehead atoms. The summed E-state index contributed by atoms with van der Waals surface area (Å²) in [4.78, 5) is 0. The fourth-order valence-corrected chi connectivity index (χ4v) is 2.29. The molecule has 0 aromatic heterocycles. The molecule has 18 heavy (non-hydrogen) atoms. The van der Waals surface area contributed by atoms with Crippen LogP contribution in [-0.2, 0) is 0 Å². The summed E-state index contributed by atoms with van der Waals surface area (Å²) < 4.78 is 39.3. The summed E-state index contributed by atoms with van der Waals surface area (Å²) >= 11 is 0. The second-order valence-electron chi connectivity index (χ2n) is 4.70. The summed E-state index contributed by atoms with van der Waals surface area (Å²) in [6.07, 6.45) is 3.64. The van der Waals surface area contributed by atoms with Gasteiger partial charge in [-0.1, -0.05) is 19.3 Å². The highest BCUT2D eigenvalue weighted by Crippen LogP contribution is 2.24. The van der Waals surface area contributed by atoms with Crippen molar-refractivity contribution in [1.82, 2.24) is 0 Å². The van der Waals surface area contributed by atoms with Crippen LogP contribution in [0.25, 0.3) is 0 Å². The van der Waals surface area contributed by atoms with E-state index in [9.17, 15) is 18.3 Å². The van der Waals surface area contributed by atoms with Crippen LogP contribution >= 0.6 is 0 Å². The van der Waals surface area contributed by atoms with E-state index in [1.807, 2.05) is 0 Å². The third-order valence-electron chi connectivity index (χ3n) is 3.33. The van der Waals surface area contributed by atoms with E-state index in [1.165, 1.54) is 0 Å². The minimum Gasteiger partial charge on any atom is -0.391 e. The molecule has 2 N–H and O–H groups in total. The van der Waals surface area contributed by atoms with Crippen LogP contribution in [0.5, 0.6) is 0 Å². The maximum absolute atomic E-state index is 13.5. The summed E-state index contributed by atoms with van der Waals surface area (Å²) in [5, 5.41) is 12.6. The van der Waals surface area contributed by atoms with Crippen molar-refractivity contribution in [3.05, 3.63) is 29.6 Å². The van der Waals surface area contributed by atoms with E-state index in [2.05, 4.69) is 5.32 Å². The van der Waals surface area contributed by atoms with Crippen molar-refractivity contribution in [3.8, 4) is 0 Å². The van der Waals surface area contributed by atoms with Gasteiger partial charge in [0, 0.05) is 12.1 Å². The number of rotatable bonds is 2. The van der Waals surface area contributed by atoms with Gasteiger partial charge in [0.05, 0.1) is 17.8 Å². The van der Waals surface area contributed by atoms with Crippen LogP contribution in [-0.4, -0.2) is 17.3 Å². The van der Waals surface area contributed by atoms with Gasteiger partial charge in [0.1, 0.15) is 5.82 Å².